The van der Waals surface area contributed by atoms with Gasteiger partial charge in [0, 0.05) is 30.6 Å². The highest BCUT2D eigenvalue weighted by molar-refractivity contribution is 7.16. The topological polar surface area (TPSA) is 58.4 Å². The molecule has 0 radical (unpaired) electrons. The number of nitrogens with zero attached hydrogens (tertiary/aromatic N) is 1. The molecule has 18 heavy (non-hydrogen) atoms. The van der Waals surface area contributed by atoms with Crippen LogP contribution in [0.1, 0.15) is 41.6 Å². The van der Waals surface area contributed by atoms with E-state index in [9.17, 15) is 4.79 Å². The van der Waals surface area contributed by atoms with Crippen molar-refractivity contribution in [1.82, 2.24) is 10.2 Å². The fourth-order valence-corrected chi connectivity index (χ4v) is 3.52. The number of carbonyl (C=O) groups excluding carboxylic acids is 1. The number of thiophene rings is 1. The summed E-state index contributed by atoms with van der Waals surface area (Å²) in [5.41, 5.74) is 7.90. The lowest BCUT2D eigenvalue weighted by Crippen LogP contribution is -2.36. The minimum absolute atomic E-state index is 0.0227. The van der Waals surface area contributed by atoms with Gasteiger partial charge in [-0.15, -0.1) is 11.3 Å². The molecule has 4 nitrogen and oxygen atoms in total. The molecule has 1 aliphatic heterocycles. The molecular formula is C13H21N3OS. The Hall–Kier alpha value is -1.07. The highest BCUT2D eigenvalue weighted by Gasteiger charge is 2.27. The van der Waals surface area contributed by atoms with E-state index in [1.54, 1.807) is 11.3 Å². The van der Waals surface area contributed by atoms with Gasteiger partial charge >= 0.3 is 0 Å². The standard InChI is InChI=1S/C13H21N3OS/c1-4-15-13(17)11-9-5-6-16(8(2)3)7-10(9)18-12(11)14/h8H,4-7,14H2,1-3H3,(H,15,17). The van der Waals surface area contributed by atoms with Gasteiger partial charge in [0.05, 0.1) is 10.6 Å². The number of nitrogens with one attached hydrogen (secondary N) is 1. The average molecular weight is 267 g/mol. The van der Waals surface area contributed by atoms with E-state index in [1.165, 1.54) is 10.4 Å². The van der Waals surface area contributed by atoms with Gasteiger partial charge in [-0.3, -0.25) is 9.69 Å². The number of amides is 1. The second-order valence-corrected chi connectivity index (χ2v) is 6.05. The first-order valence-corrected chi connectivity index (χ1v) is 7.28. The monoisotopic (exact) mass is 267 g/mol. The van der Waals surface area contributed by atoms with Crippen molar-refractivity contribution in [3.05, 3.63) is 16.0 Å². The number of nitrogen functional groups attached to an aromatic ring is 1. The summed E-state index contributed by atoms with van der Waals surface area (Å²) < 4.78 is 0. The molecule has 0 atom stereocenters. The molecule has 5 heteroatoms. The van der Waals surface area contributed by atoms with Crippen LogP contribution in [0.5, 0.6) is 0 Å². The van der Waals surface area contributed by atoms with Crippen LogP contribution in [0, 0.1) is 0 Å². The molecule has 0 saturated heterocycles. The zero-order chi connectivity index (χ0) is 13.3. The summed E-state index contributed by atoms with van der Waals surface area (Å²) in [6, 6.07) is 0.536. The van der Waals surface area contributed by atoms with Gasteiger partial charge in [0.25, 0.3) is 5.91 Å². The van der Waals surface area contributed by atoms with Crippen molar-refractivity contribution in [2.75, 3.05) is 18.8 Å². The quantitative estimate of drug-likeness (QED) is 0.878. The zero-order valence-corrected chi connectivity index (χ0v) is 12.1. The second-order valence-electron chi connectivity index (χ2n) is 4.92. The number of anilines is 1. The Morgan fingerprint density at radius 3 is 2.89 bits per heavy atom. The number of nitrogens with two attached hydrogens (primary N) is 1. The van der Waals surface area contributed by atoms with Gasteiger partial charge in [-0.2, -0.15) is 0 Å². The second kappa shape index (κ2) is 5.28. The summed E-state index contributed by atoms with van der Waals surface area (Å²) in [4.78, 5) is 15.7. The van der Waals surface area contributed by atoms with Gasteiger partial charge in [0.1, 0.15) is 0 Å². The van der Waals surface area contributed by atoms with Crippen molar-refractivity contribution in [1.29, 1.82) is 0 Å². The SMILES string of the molecule is CCNC(=O)c1c(N)sc2c1CCN(C(C)C)C2. The molecule has 1 aliphatic rings. The summed E-state index contributed by atoms with van der Waals surface area (Å²) in [6.45, 7) is 8.89. The largest absolute Gasteiger partial charge is 0.390 e. The summed E-state index contributed by atoms with van der Waals surface area (Å²) in [6.07, 6.45) is 0.924. The smallest absolute Gasteiger partial charge is 0.254 e. The number of hydrogen-bond donors (Lipinski definition) is 2. The molecule has 0 aliphatic carbocycles. The molecule has 0 fully saturated rings. The van der Waals surface area contributed by atoms with E-state index < -0.39 is 0 Å². The zero-order valence-electron chi connectivity index (χ0n) is 11.2. The van der Waals surface area contributed by atoms with Crippen molar-refractivity contribution < 1.29 is 4.79 Å². The van der Waals surface area contributed by atoms with Crippen LogP contribution >= 0.6 is 11.3 Å². The highest BCUT2D eigenvalue weighted by atomic mass is 32.1. The lowest BCUT2D eigenvalue weighted by molar-refractivity contribution is 0.0955. The van der Waals surface area contributed by atoms with Crippen LogP contribution in [-0.4, -0.2) is 29.9 Å². The third-order valence-corrected chi connectivity index (χ3v) is 4.45. The van der Waals surface area contributed by atoms with E-state index in [1.807, 2.05) is 6.92 Å². The Balaban J connectivity index is 2.29. The highest BCUT2D eigenvalue weighted by Crippen LogP contribution is 2.35. The molecule has 100 valence electrons. The number of carbonyl (C=O) groups is 1. The summed E-state index contributed by atoms with van der Waals surface area (Å²) in [7, 11) is 0. The molecule has 0 bridgehead atoms. The molecule has 0 aromatic carbocycles. The lowest BCUT2D eigenvalue weighted by Gasteiger charge is -2.30. The Labute approximate surface area is 112 Å². The van der Waals surface area contributed by atoms with E-state index in [0.717, 1.165) is 25.1 Å². The van der Waals surface area contributed by atoms with Gasteiger partial charge in [-0.1, -0.05) is 0 Å². The van der Waals surface area contributed by atoms with Crippen LogP contribution in [0.15, 0.2) is 0 Å². The van der Waals surface area contributed by atoms with E-state index in [4.69, 9.17) is 5.73 Å². The molecule has 1 aromatic heterocycles. The third-order valence-electron chi connectivity index (χ3n) is 3.41. The van der Waals surface area contributed by atoms with Crippen molar-refractivity contribution in [3.8, 4) is 0 Å². The van der Waals surface area contributed by atoms with Gasteiger partial charge in [-0.05, 0) is 32.8 Å². The Kier molecular flexibility index (Phi) is 3.92. The molecule has 1 amide bonds. The maximum atomic E-state index is 12.0. The van der Waals surface area contributed by atoms with Crippen molar-refractivity contribution >= 4 is 22.2 Å². The van der Waals surface area contributed by atoms with Crippen LogP contribution in [-0.2, 0) is 13.0 Å². The molecule has 1 aromatic rings. The first-order chi connectivity index (χ1) is 8.54. The van der Waals surface area contributed by atoms with Gasteiger partial charge in [0.15, 0.2) is 0 Å². The summed E-state index contributed by atoms with van der Waals surface area (Å²) in [5.74, 6) is -0.0227. The van der Waals surface area contributed by atoms with Crippen molar-refractivity contribution in [2.24, 2.45) is 0 Å². The van der Waals surface area contributed by atoms with Crippen molar-refractivity contribution in [2.45, 2.75) is 39.8 Å². The molecule has 2 heterocycles. The van der Waals surface area contributed by atoms with Crippen LogP contribution in [0.25, 0.3) is 0 Å². The van der Waals surface area contributed by atoms with Gasteiger partial charge in [0.2, 0.25) is 0 Å². The fourth-order valence-electron chi connectivity index (χ4n) is 2.38. The predicted octanol–water partition coefficient (Wildman–Crippen LogP) is 1.85. The van der Waals surface area contributed by atoms with Gasteiger partial charge < -0.3 is 11.1 Å². The minimum Gasteiger partial charge on any atom is -0.390 e. The van der Waals surface area contributed by atoms with Crippen LogP contribution in [0.4, 0.5) is 5.00 Å². The Morgan fingerprint density at radius 1 is 1.56 bits per heavy atom. The first kappa shape index (κ1) is 13.4. The molecule has 3 N–H and O–H groups in total. The van der Waals surface area contributed by atoms with Crippen molar-refractivity contribution in [3.63, 3.8) is 0 Å². The van der Waals surface area contributed by atoms with Crippen LogP contribution < -0.4 is 11.1 Å². The normalized spacial score (nSPS) is 15.8. The minimum atomic E-state index is -0.0227. The van der Waals surface area contributed by atoms with E-state index >= 15 is 0 Å². The van der Waals surface area contributed by atoms with E-state index in [2.05, 4.69) is 24.1 Å². The van der Waals surface area contributed by atoms with Gasteiger partial charge in [-0.25, -0.2) is 0 Å². The number of hydrogen-bond acceptors (Lipinski definition) is 4. The maximum absolute atomic E-state index is 12.0. The van der Waals surface area contributed by atoms with E-state index in [0.29, 0.717) is 17.6 Å². The third kappa shape index (κ3) is 2.37. The first-order valence-electron chi connectivity index (χ1n) is 6.46. The molecule has 2 rings (SSSR count). The molecule has 0 saturated carbocycles. The molecule has 0 spiro atoms. The average Bonchev–Trinajstić information content (AvgIpc) is 2.63. The summed E-state index contributed by atoms with van der Waals surface area (Å²) in [5, 5.41) is 3.51. The Morgan fingerprint density at radius 2 is 2.28 bits per heavy atom. The summed E-state index contributed by atoms with van der Waals surface area (Å²) >= 11 is 1.57. The number of rotatable bonds is 3. The predicted molar refractivity (Wildman–Crippen MR) is 76.0 cm³/mol. The Bertz CT molecular complexity index is 453. The van der Waals surface area contributed by atoms with Crippen LogP contribution in [0.2, 0.25) is 0 Å². The van der Waals surface area contributed by atoms with Crippen LogP contribution in [0.3, 0.4) is 0 Å². The molecular weight excluding hydrogens is 246 g/mol. The lowest BCUT2D eigenvalue weighted by atomic mass is 10.0. The molecule has 0 unspecified atom stereocenters. The fraction of sp³-hybridized carbons (Fsp3) is 0.615. The van der Waals surface area contributed by atoms with E-state index in [-0.39, 0.29) is 5.91 Å². The number of fused-ring (bicyclic) bond motifs is 1. The maximum Gasteiger partial charge on any atom is 0.254 e.